The molecule has 3 unspecified atom stereocenters. The summed E-state index contributed by atoms with van der Waals surface area (Å²) in [7, 11) is -3.71. The van der Waals surface area contributed by atoms with Crippen LogP contribution in [-0.2, 0) is 24.3 Å². The van der Waals surface area contributed by atoms with Gasteiger partial charge in [-0.25, -0.2) is 23.4 Å². The first-order chi connectivity index (χ1) is 16.0. The number of fused-ring (bicyclic) bond motifs is 2. The molecule has 4 rings (SSSR count). The summed E-state index contributed by atoms with van der Waals surface area (Å²) in [5.41, 5.74) is 3.80. The molecule has 1 aliphatic heterocycles. The quantitative estimate of drug-likeness (QED) is 0.426. The maximum absolute atomic E-state index is 12.4. The number of carbonyl (C=O) groups excluding carboxylic acids is 2. The van der Waals surface area contributed by atoms with E-state index in [9.17, 15) is 18.0 Å². The van der Waals surface area contributed by atoms with Gasteiger partial charge in [0.05, 0.1) is 16.6 Å². The minimum absolute atomic E-state index is 0.0251. The Labute approximate surface area is 200 Å². The molecule has 1 aromatic carbocycles. The van der Waals surface area contributed by atoms with E-state index in [0.29, 0.717) is 12.5 Å². The van der Waals surface area contributed by atoms with Crippen LogP contribution in [0.15, 0.2) is 34.3 Å². The van der Waals surface area contributed by atoms with Crippen LogP contribution >= 0.6 is 0 Å². The summed E-state index contributed by atoms with van der Waals surface area (Å²) in [4.78, 5) is 24.5. The van der Waals surface area contributed by atoms with Gasteiger partial charge in [-0.3, -0.25) is 4.79 Å². The fourth-order valence-electron chi connectivity index (χ4n) is 5.34. The van der Waals surface area contributed by atoms with E-state index in [0.717, 1.165) is 31.4 Å². The lowest BCUT2D eigenvalue weighted by atomic mass is 9.70. The molecule has 1 heterocycles. The number of amides is 1. The SMILES string of the molecule is CC12CCC(C/C1=N/NC(=O)COC(=O)c1ccc(S(=O)(=O)NCC3CCCO3)cc1)C2(C)C. The maximum atomic E-state index is 12.4. The number of esters is 1. The molecule has 0 aromatic heterocycles. The lowest BCUT2D eigenvalue weighted by molar-refractivity contribution is -0.124. The molecule has 1 amide bonds. The number of benzene rings is 1. The van der Waals surface area contributed by atoms with E-state index in [-0.39, 0.29) is 33.9 Å². The van der Waals surface area contributed by atoms with Crippen molar-refractivity contribution >= 4 is 27.6 Å². The van der Waals surface area contributed by atoms with Crippen LogP contribution < -0.4 is 10.1 Å². The van der Waals surface area contributed by atoms with E-state index >= 15 is 0 Å². The molecule has 1 saturated heterocycles. The number of nitrogens with one attached hydrogen (secondary N) is 2. The molecule has 2 aliphatic carbocycles. The number of rotatable bonds is 8. The molecule has 34 heavy (non-hydrogen) atoms. The first-order valence-electron chi connectivity index (χ1n) is 11.8. The predicted molar refractivity (Wildman–Crippen MR) is 126 cm³/mol. The largest absolute Gasteiger partial charge is 0.452 e. The third-order valence-corrected chi connectivity index (χ3v) is 9.53. The Morgan fingerprint density at radius 3 is 2.50 bits per heavy atom. The Hall–Kier alpha value is -2.30. The zero-order valence-electron chi connectivity index (χ0n) is 19.9. The zero-order chi connectivity index (χ0) is 24.6. The third kappa shape index (κ3) is 4.76. The van der Waals surface area contributed by atoms with Crippen molar-refractivity contribution in [3.63, 3.8) is 0 Å². The van der Waals surface area contributed by atoms with Gasteiger partial charge in [-0.2, -0.15) is 5.10 Å². The van der Waals surface area contributed by atoms with Gasteiger partial charge in [0, 0.05) is 24.3 Å². The van der Waals surface area contributed by atoms with E-state index < -0.39 is 28.5 Å². The number of nitrogens with zero attached hydrogens (tertiary/aromatic N) is 1. The van der Waals surface area contributed by atoms with Crippen molar-refractivity contribution in [2.45, 2.75) is 63.9 Å². The Morgan fingerprint density at radius 1 is 1.18 bits per heavy atom. The van der Waals surface area contributed by atoms with Crippen LogP contribution in [0.3, 0.4) is 0 Å². The lowest BCUT2D eigenvalue weighted by Gasteiger charge is -2.34. The van der Waals surface area contributed by atoms with E-state index in [1.54, 1.807) is 0 Å². The smallest absolute Gasteiger partial charge is 0.338 e. The molecule has 0 radical (unpaired) electrons. The van der Waals surface area contributed by atoms with Crippen LogP contribution in [0.25, 0.3) is 0 Å². The molecular formula is C24H33N3O6S. The predicted octanol–water partition coefficient (Wildman–Crippen LogP) is 2.62. The van der Waals surface area contributed by atoms with Gasteiger partial charge in [0.1, 0.15) is 0 Å². The molecule has 3 fully saturated rings. The van der Waals surface area contributed by atoms with Crippen LogP contribution in [0.2, 0.25) is 0 Å². The minimum Gasteiger partial charge on any atom is -0.452 e. The summed E-state index contributed by atoms with van der Waals surface area (Å²) in [6.07, 6.45) is 4.75. The number of hydrazone groups is 1. The summed E-state index contributed by atoms with van der Waals surface area (Å²) in [5.74, 6) is -0.654. The fraction of sp³-hybridized carbons (Fsp3) is 0.625. The van der Waals surface area contributed by atoms with Crippen molar-refractivity contribution in [1.82, 2.24) is 10.1 Å². The van der Waals surface area contributed by atoms with E-state index in [1.165, 1.54) is 30.7 Å². The van der Waals surface area contributed by atoms with Gasteiger partial charge < -0.3 is 9.47 Å². The summed E-state index contributed by atoms with van der Waals surface area (Å²) < 4.78 is 37.9. The Balaban J connectivity index is 1.26. The second kappa shape index (κ2) is 9.39. The van der Waals surface area contributed by atoms with Crippen molar-refractivity contribution in [1.29, 1.82) is 0 Å². The number of ether oxygens (including phenoxy) is 2. The monoisotopic (exact) mass is 491 g/mol. The number of hydrogen-bond donors (Lipinski definition) is 2. The van der Waals surface area contributed by atoms with Crippen LogP contribution in [0, 0.1) is 16.7 Å². The minimum atomic E-state index is -3.71. The van der Waals surface area contributed by atoms with Gasteiger partial charge in [-0.1, -0.05) is 20.8 Å². The van der Waals surface area contributed by atoms with Crippen LogP contribution in [0.5, 0.6) is 0 Å². The van der Waals surface area contributed by atoms with Crippen LogP contribution in [0.1, 0.15) is 63.2 Å². The summed E-state index contributed by atoms with van der Waals surface area (Å²) in [6, 6.07) is 5.38. The third-order valence-electron chi connectivity index (χ3n) is 8.09. The molecule has 3 atom stereocenters. The second-order valence-electron chi connectivity index (χ2n) is 10.2. The molecule has 2 bridgehead atoms. The number of carbonyl (C=O) groups is 2. The molecular weight excluding hydrogens is 458 g/mol. The maximum Gasteiger partial charge on any atom is 0.338 e. The molecule has 186 valence electrons. The van der Waals surface area contributed by atoms with E-state index in [1.807, 2.05) is 0 Å². The summed E-state index contributed by atoms with van der Waals surface area (Å²) >= 11 is 0. The molecule has 2 N–H and O–H groups in total. The highest BCUT2D eigenvalue weighted by Gasteiger charge is 2.60. The average molecular weight is 492 g/mol. The first kappa shape index (κ1) is 24.8. The Bertz CT molecular complexity index is 1080. The van der Waals surface area contributed by atoms with Crippen molar-refractivity contribution in [2.24, 2.45) is 21.8 Å². The topological polar surface area (TPSA) is 123 Å². The highest BCUT2D eigenvalue weighted by Crippen LogP contribution is 2.63. The van der Waals surface area contributed by atoms with Gasteiger partial charge in [0.25, 0.3) is 5.91 Å². The Kier molecular flexibility index (Phi) is 6.85. The van der Waals surface area contributed by atoms with Gasteiger partial charge in [-0.05, 0) is 67.7 Å². The fourth-order valence-corrected chi connectivity index (χ4v) is 6.40. The molecule has 10 heteroatoms. The highest BCUT2D eigenvalue weighted by atomic mass is 32.2. The summed E-state index contributed by atoms with van der Waals surface area (Å²) in [6.45, 7) is 7.10. The van der Waals surface area contributed by atoms with Gasteiger partial charge >= 0.3 is 5.97 Å². The van der Waals surface area contributed by atoms with E-state index in [4.69, 9.17) is 9.47 Å². The average Bonchev–Trinajstić information content (AvgIpc) is 3.46. The molecule has 0 spiro atoms. The van der Waals surface area contributed by atoms with Crippen LogP contribution in [-0.4, -0.2) is 51.9 Å². The Morgan fingerprint density at radius 2 is 1.91 bits per heavy atom. The van der Waals surface area contributed by atoms with Gasteiger partial charge in [0.15, 0.2) is 6.61 Å². The highest BCUT2D eigenvalue weighted by molar-refractivity contribution is 7.89. The van der Waals surface area contributed by atoms with Crippen molar-refractivity contribution in [3.8, 4) is 0 Å². The standard InChI is InChI=1S/C24H33N3O6S/c1-23(2)17-10-11-24(23,3)20(13-17)26-27-21(28)15-33-22(29)16-6-8-19(9-7-16)34(30,31)25-14-18-5-4-12-32-18/h6-9,17-18,25H,4-5,10-15H2,1-3H3,(H,27,28)/b26-20-. The second-order valence-corrected chi connectivity index (χ2v) is 11.9. The van der Waals surface area contributed by atoms with Crippen molar-refractivity contribution in [2.75, 3.05) is 19.8 Å². The lowest BCUT2D eigenvalue weighted by Crippen LogP contribution is -2.34. The molecule has 2 saturated carbocycles. The number of sulfonamides is 1. The van der Waals surface area contributed by atoms with Gasteiger partial charge in [-0.15, -0.1) is 0 Å². The van der Waals surface area contributed by atoms with Crippen LogP contribution in [0.4, 0.5) is 0 Å². The zero-order valence-corrected chi connectivity index (χ0v) is 20.7. The summed E-state index contributed by atoms with van der Waals surface area (Å²) in [5, 5.41) is 4.35. The van der Waals surface area contributed by atoms with Crippen molar-refractivity contribution < 1.29 is 27.5 Å². The molecule has 9 nitrogen and oxygen atoms in total. The normalized spacial score (nSPS) is 28.9. The first-order valence-corrected chi connectivity index (χ1v) is 13.3. The van der Waals surface area contributed by atoms with Crippen molar-refractivity contribution in [3.05, 3.63) is 29.8 Å². The van der Waals surface area contributed by atoms with E-state index in [2.05, 4.69) is 36.0 Å². The number of hydrogen-bond acceptors (Lipinski definition) is 7. The molecule has 1 aromatic rings. The van der Waals surface area contributed by atoms with Gasteiger partial charge in [0.2, 0.25) is 10.0 Å². The molecule has 3 aliphatic rings.